The van der Waals surface area contributed by atoms with Crippen molar-refractivity contribution < 1.29 is 23.8 Å². The summed E-state index contributed by atoms with van der Waals surface area (Å²) in [5.74, 6) is -0.409. The average molecular weight is 924 g/mol. The van der Waals surface area contributed by atoms with Crippen molar-refractivity contribution in [3.63, 3.8) is 0 Å². The van der Waals surface area contributed by atoms with Crippen molar-refractivity contribution in [2.24, 2.45) is 0 Å². The van der Waals surface area contributed by atoms with Crippen molar-refractivity contribution in [2.75, 3.05) is 19.8 Å². The molecule has 0 N–H and O–H groups in total. The zero-order chi connectivity index (χ0) is 47.7. The zero-order valence-electron chi connectivity index (χ0n) is 44.2. The minimum Gasteiger partial charge on any atom is -0.462 e. The molecule has 0 rings (SSSR count). The van der Waals surface area contributed by atoms with Gasteiger partial charge < -0.3 is 14.2 Å². The van der Waals surface area contributed by atoms with E-state index in [4.69, 9.17) is 14.2 Å². The Morgan fingerprint density at radius 1 is 0.348 bits per heavy atom. The first-order chi connectivity index (χ1) is 32.6. The second kappa shape index (κ2) is 56.9. The molecular formula is C61H110O5. The van der Waals surface area contributed by atoms with Crippen LogP contribution in [0.2, 0.25) is 0 Å². The van der Waals surface area contributed by atoms with E-state index < -0.39 is 6.10 Å². The summed E-state index contributed by atoms with van der Waals surface area (Å²) in [6, 6.07) is 0. The average Bonchev–Trinajstić information content (AvgIpc) is 3.32. The molecule has 0 saturated heterocycles. The highest BCUT2D eigenvalue weighted by Crippen LogP contribution is 2.15. The molecule has 0 saturated carbocycles. The molecular weight excluding hydrogens is 813 g/mol. The largest absolute Gasteiger partial charge is 0.462 e. The molecule has 0 aliphatic carbocycles. The molecule has 1 unspecified atom stereocenters. The summed E-state index contributed by atoms with van der Waals surface area (Å²) in [4.78, 5) is 25.5. The van der Waals surface area contributed by atoms with Gasteiger partial charge in [-0.3, -0.25) is 9.59 Å². The number of rotatable bonds is 53. The van der Waals surface area contributed by atoms with E-state index in [1.807, 2.05) is 0 Å². The van der Waals surface area contributed by atoms with Crippen molar-refractivity contribution in [1.29, 1.82) is 0 Å². The van der Waals surface area contributed by atoms with E-state index in [1.54, 1.807) is 0 Å². The summed E-state index contributed by atoms with van der Waals surface area (Å²) in [5.41, 5.74) is 0. The fourth-order valence-electron chi connectivity index (χ4n) is 8.22. The van der Waals surface area contributed by atoms with Crippen LogP contribution in [0.4, 0.5) is 0 Å². The van der Waals surface area contributed by atoms with Gasteiger partial charge in [-0.2, -0.15) is 0 Å². The second-order valence-electron chi connectivity index (χ2n) is 19.2. The van der Waals surface area contributed by atoms with Crippen LogP contribution in [0, 0.1) is 0 Å². The van der Waals surface area contributed by atoms with Crippen LogP contribution in [0.15, 0.2) is 60.8 Å². The van der Waals surface area contributed by atoms with Gasteiger partial charge in [0.1, 0.15) is 6.61 Å². The third kappa shape index (κ3) is 54.2. The van der Waals surface area contributed by atoms with Crippen LogP contribution in [-0.4, -0.2) is 37.9 Å². The molecule has 0 aliphatic heterocycles. The first-order valence-corrected chi connectivity index (χ1v) is 28.8. The van der Waals surface area contributed by atoms with Gasteiger partial charge in [0.2, 0.25) is 0 Å². The van der Waals surface area contributed by atoms with Gasteiger partial charge in [-0.05, 0) is 103 Å². The topological polar surface area (TPSA) is 61.8 Å². The first kappa shape index (κ1) is 63.6. The maximum atomic E-state index is 12.8. The maximum absolute atomic E-state index is 12.8. The fourth-order valence-corrected chi connectivity index (χ4v) is 8.22. The molecule has 0 amide bonds. The van der Waals surface area contributed by atoms with E-state index in [9.17, 15) is 9.59 Å². The molecule has 0 aromatic carbocycles. The number of esters is 2. The standard InChI is InChI=1S/C61H110O5/c1-4-7-10-13-16-19-22-25-28-30-32-35-38-41-44-47-50-53-56-64-57-59(66-61(63)55-52-49-46-43-40-37-33-27-24-21-18-15-12-9-6-3)58-65-60(62)54-51-48-45-42-39-36-34-31-29-26-23-20-17-14-11-8-5-2/h8,11,17,20,25-29,33,59H,4-7,9-10,12-16,18-19,21-24,30-32,34-58H2,1-3H3/b11-8-,20-17-,28-25-,29-26-,33-27-. The Morgan fingerprint density at radius 3 is 1.11 bits per heavy atom. The van der Waals surface area contributed by atoms with Crippen molar-refractivity contribution in [1.82, 2.24) is 0 Å². The molecule has 0 aromatic heterocycles. The first-order valence-electron chi connectivity index (χ1n) is 28.8. The number of unbranched alkanes of at least 4 members (excludes halogenated alkanes) is 32. The van der Waals surface area contributed by atoms with Crippen molar-refractivity contribution in [3.05, 3.63) is 60.8 Å². The van der Waals surface area contributed by atoms with Crippen LogP contribution >= 0.6 is 0 Å². The van der Waals surface area contributed by atoms with Gasteiger partial charge in [0.05, 0.1) is 6.61 Å². The SMILES string of the molecule is CC/C=C\C/C=C\C/C=C\CCCCCCCCCC(=O)OCC(COCCCCCCCCCC/C=C\CCCCCCCC)OC(=O)CCCCCCC/C=C\CCCCCCCC. The van der Waals surface area contributed by atoms with Crippen LogP contribution < -0.4 is 0 Å². The highest BCUT2D eigenvalue weighted by atomic mass is 16.6. The molecule has 0 radical (unpaired) electrons. The Labute approximate surface area is 411 Å². The molecule has 0 aromatic rings. The Balaban J connectivity index is 4.28. The highest BCUT2D eigenvalue weighted by Gasteiger charge is 2.17. The van der Waals surface area contributed by atoms with Gasteiger partial charge in [0.15, 0.2) is 6.10 Å². The van der Waals surface area contributed by atoms with Gasteiger partial charge in [-0.1, -0.05) is 236 Å². The number of carbonyl (C=O) groups excluding carboxylic acids is 2. The monoisotopic (exact) mass is 923 g/mol. The molecule has 5 heteroatoms. The molecule has 0 bridgehead atoms. The Bertz CT molecular complexity index is 1130. The summed E-state index contributed by atoms with van der Waals surface area (Å²) in [7, 11) is 0. The third-order valence-corrected chi connectivity index (χ3v) is 12.5. The summed E-state index contributed by atoms with van der Waals surface area (Å²) in [6.07, 6.45) is 72.4. The zero-order valence-corrected chi connectivity index (χ0v) is 44.2. The number of allylic oxidation sites excluding steroid dienone is 10. The molecule has 5 nitrogen and oxygen atoms in total. The lowest BCUT2D eigenvalue weighted by Crippen LogP contribution is -2.30. The third-order valence-electron chi connectivity index (χ3n) is 12.5. The van der Waals surface area contributed by atoms with Gasteiger partial charge in [0.25, 0.3) is 0 Å². The van der Waals surface area contributed by atoms with Gasteiger partial charge in [-0.25, -0.2) is 0 Å². The molecule has 0 heterocycles. The van der Waals surface area contributed by atoms with E-state index in [-0.39, 0.29) is 25.2 Å². The molecule has 0 spiro atoms. The Morgan fingerprint density at radius 2 is 0.682 bits per heavy atom. The molecule has 384 valence electrons. The smallest absolute Gasteiger partial charge is 0.306 e. The lowest BCUT2D eigenvalue weighted by Gasteiger charge is -2.18. The summed E-state index contributed by atoms with van der Waals surface area (Å²) in [6.45, 7) is 7.72. The highest BCUT2D eigenvalue weighted by molar-refractivity contribution is 5.70. The van der Waals surface area contributed by atoms with Crippen molar-refractivity contribution in [3.8, 4) is 0 Å². The molecule has 0 fully saturated rings. The summed E-state index contributed by atoms with van der Waals surface area (Å²) >= 11 is 0. The van der Waals surface area contributed by atoms with Crippen LogP contribution in [0.25, 0.3) is 0 Å². The molecule has 1 atom stereocenters. The van der Waals surface area contributed by atoms with Gasteiger partial charge >= 0.3 is 11.9 Å². The number of hydrogen-bond donors (Lipinski definition) is 0. The molecule has 0 aliphatic rings. The van der Waals surface area contributed by atoms with Crippen LogP contribution in [0.5, 0.6) is 0 Å². The van der Waals surface area contributed by atoms with E-state index in [2.05, 4.69) is 81.5 Å². The maximum Gasteiger partial charge on any atom is 0.306 e. The van der Waals surface area contributed by atoms with Gasteiger partial charge in [0, 0.05) is 19.4 Å². The van der Waals surface area contributed by atoms with Gasteiger partial charge in [-0.15, -0.1) is 0 Å². The number of ether oxygens (including phenoxy) is 3. The van der Waals surface area contributed by atoms with E-state index in [0.717, 1.165) is 83.5 Å². The van der Waals surface area contributed by atoms with Crippen molar-refractivity contribution >= 4 is 11.9 Å². The predicted molar refractivity (Wildman–Crippen MR) is 288 cm³/mol. The minimum absolute atomic E-state index is 0.0763. The van der Waals surface area contributed by atoms with Crippen LogP contribution in [-0.2, 0) is 23.8 Å². The minimum atomic E-state index is -0.547. The van der Waals surface area contributed by atoms with Crippen LogP contribution in [0.1, 0.15) is 290 Å². The normalized spacial score (nSPS) is 12.6. The van der Waals surface area contributed by atoms with E-state index >= 15 is 0 Å². The number of carbonyl (C=O) groups is 2. The summed E-state index contributed by atoms with van der Waals surface area (Å²) < 4.78 is 17.5. The molecule has 66 heavy (non-hydrogen) atoms. The summed E-state index contributed by atoms with van der Waals surface area (Å²) in [5, 5.41) is 0. The van der Waals surface area contributed by atoms with Crippen molar-refractivity contribution in [2.45, 2.75) is 297 Å². The lowest BCUT2D eigenvalue weighted by molar-refractivity contribution is -0.163. The van der Waals surface area contributed by atoms with Crippen LogP contribution in [0.3, 0.4) is 0 Å². The fraction of sp³-hybridized carbons (Fsp3) is 0.803. The predicted octanol–water partition coefficient (Wildman–Crippen LogP) is 19.7. The van der Waals surface area contributed by atoms with E-state index in [0.29, 0.717) is 19.4 Å². The quantitative estimate of drug-likeness (QED) is 0.0346. The lowest BCUT2D eigenvalue weighted by atomic mass is 10.1. The Kier molecular flexibility index (Phi) is 54.9. The Hall–Kier alpha value is -2.40. The van der Waals surface area contributed by atoms with E-state index in [1.165, 1.54) is 173 Å². The second-order valence-corrected chi connectivity index (χ2v) is 19.2. The number of hydrogen-bond acceptors (Lipinski definition) is 5.